The fourth-order valence-electron chi connectivity index (χ4n) is 3.76. The summed E-state index contributed by atoms with van der Waals surface area (Å²) in [6, 6.07) is 18.0. The molecule has 0 saturated heterocycles. The molecule has 196 valence electrons. The maximum atomic E-state index is 13.1. The van der Waals surface area contributed by atoms with Gasteiger partial charge in [-0.2, -0.15) is 18.6 Å². The third-order valence-corrected chi connectivity index (χ3v) is 6.59. The summed E-state index contributed by atoms with van der Waals surface area (Å²) >= 11 is 0. The van der Waals surface area contributed by atoms with E-state index in [1.807, 2.05) is 0 Å². The number of fused-ring (bicyclic) bond motifs is 1. The van der Waals surface area contributed by atoms with Gasteiger partial charge in [0, 0.05) is 10.8 Å². The topological polar surface area (TPSA) is 156 Å². The predicted octanol–water partition coefficient (Wildman–Crippen LogP) is 0.911. The molecule has 4 aromatic rings. The van der Waals surface area contributed by atoms with Crippen LogP contribution in [-0.2, 0) is 23.2 Å². The van der Waals surface area contributed by atoms with Gasteiger partial charge in [0.05, 0.1) is 27.3 Å². The van der Waals surface area contributed by atoms with E-state index in [-0.39, 0.29) is 29.2 Å². The van der Waals surface area contributed by atoms with E-state index in [1.165, 1.54) is 12.1 Å². The van der Waals surface area contributed by atoms with E-state index in [9.17, 15) is 22.6 Å². The normalized spacial score (nSPS) is 12.5. The molecule has 4 aromatic carbocycles. The molecule has 0 aliphatic rings. The Morgan fingerprint density at radius 2 is 1.21 bits per heavy atom. The molecule has 0 aliphatic carbocycles. The summed E-state index contributed by atoms with van der Waals surface area (Å²) in [7, 11) is -1.68. The van der Waals surface area contributed by atoms with E-state index in [0.29, 0.717) is 11.5 Å². The Kier molecular flexibility index (Phi) is 7.84. The largest absolute Gasteiger partial charge is 0.497 e. The predicted molar refractivity (Wildman–Crippen MR) is 139 cm³/mol. The van der Waals surface area contributed by atoms with Crippen LogP contribution in [0.1, 0.15) is 11.1 Å². The summed E-state index contributed by atoms with van der Waals surface area (Å²) in [6.07, 6.45) is 0. The van der Waals surface area contributed by atoms with Crippen molar-refractivity contribution in [3.8, 4) is 11.5 Å². The van der Waals surface area contributed by atoms with E-state index in [2.05, 4.69) is 21.1 Å². The minimum Gasteiger partial charge on any atom is -0.497 e. The molecule has 3 N–H and O–H groups in total. The van der Waals surface area contributed by atoms with Crippen LogP contribution in [0.2, 0.25) is 0 Å². The van der Waals surface area contributed by atoms with Crippen LogP contribution in [0.4, 0.5) is 0 Å². The molecular weight excluding hydrogens is 512 g/mol. The van der Waals surface area contributed by atoms with Gasteiger partial charge in [0.2, 0.25) is 0 Å². The number of hydrogen-bond acceptors (Lipinski definition) is 10. The standard InChI is InChI=1S/C26H24N4O7S/c1-36-18-10-6-16(7-11-18)14-27-29-23-20-4-3-5-21(38(33,34)35)22(20)24(26(32)25(23)31)30-28-15-17-8-12-19(37-2)13-9-17/h3-13,27-28H,14-15H2,1-2H3,(H,33,34,35). The van der Waals surface area contributed by atoms with Gasteiger partial charge in [0.25, 0.3) is 21.0 Å². The van der Waals surface area contributed by atoms with Gasteiger partial charge in [0.15, 0.2) is 0 Å². The van der Waals surface area contributed by atoms with Gasteiger partial charge in [-0.1, -0.05) is 36.4 Å². The van der Waals surface area contributed by atoms with Gasteiger partial charge in [0.1, 0.15) is 27.1 Å². The van der Waals surface area contributed by atoms with Gasteiger partial charge in [-0.25, -0.2) is 0 Å². The number of rotatable bonds is 9. The van der Waals surface area contributed by atoms with Gasteiger partial charge in [-0.3, -0.25) is 14.1 Å². The first-order valence-electron chi connectivity index (χ1n) is 11.3. The van der Waals surface area contributed by atoms with Gasteiger partial charge < -0.3 is 20.3 Å². The van der Waals surface area contributed by atoms with Crippen LogP contribution >= 0.6 is 0 Å². The van der Waals surface area contributed by atoms with Crippen LogP contribution in [0.3, 0.4) is 0 Å². The lowest BCUT2D eigenvalue weighted by Crippen LogP contribution is -2.49. The molecule has 0 spiro atoms. The third-order valence-electron chi connectivity index (χ3n) is 5.70. The molecule has 0 radical (unpaired) electrons. The second-order valence-electron chi connectivity index (χ2n) is 8.10. The Morgan fingerprint density at radius 3 is 1.68 bits per heavy atom. The zero-order valence-corrected chi connectivity index (χ0v) is 21.3. The van der Waals surface area contributed by atoms with Crippen LogP contribution in [0.5, 0.6) is 11.5 Å². The summed E-state index contributed by atoms with van der Waals surface area (Å²) in [5, 5.41) is 7.23. The highest BCUT2D eigenvalue weighted by molar-refractivity contribution is 7.86. The van der Waals surface area contributed by atoms with Gasteiger partial charge in [-0.15, -0.1) is 0 Å². The van der Waals surface area contributed by atoms with Crippen LogP contribution in [0.25, 0.3) is 10.8 Å². The average Bonchev–Trinajstić information content (AvgIpc) is 2.92. The molecule has 38 heavy (non-hydrogen) atoms. The van der Waals surface area contributed by atoms with Crippen molar-refractivity contribution in [3.05, 3.63) is 109 Å². The first-order valence-corrected chi connectivity index (χ1v) is 12.7. The molecule has 0 fully saturated rings. The van der Waals surface area contributed by atoms with Crippen molar-refractivity contribution >= 4 is 20.9 Å². The maximum absolute atomic E-state index is 13.1. The lowest BCUT2D eigenvalue weighted by atomic mass is 10.1. The lowest BCUT2D eigenvalue weighted by Gasteiger charge is -2.06. The molecule has 0 amide bonds. The summed E-state index contributed by atoms with van der Waals surface area (Å²) in [6.45, 7) is 0.384. The SMILES string of the molecule is COc1ccc(CNN=c2c(=O)c(=O)c(=NNCc3ccc(OC)cc3)c3c(S(=O)(=O)O)cccc23)cc1. The zero-order chi connectivity index (χ0) is 27.3. The van der Waals surface area contributed by atoms with Crippen molar-refractivity contribution in [2.24, 2.45) is 10.2 Å². The first kappa shape index (κ1) is 26.5. The molecule has 12 heteroatoms. The minimum atomic E-state index is -4.77. The lowest BCUT2D eigenvalue weighted by molar-refractivity contribution is 0.414. The van der Waals surface area contributed by atoms with Gasteiger partial charge in [-0.05, 0) is 41.5 Å². The summed E-state index contributed by atoms with van der Waals surface area (Å²) in [5.74, 6) is 1.33. The Hall–Kier alpha value is -4.55. The van der Waals surface area contributed by atoms with Gasteiger partial charge >= 0.3 is 0 Å². The highest BCUT2D eigenvalue weighted by Crippen LogP contribution is 2.17. The average molecular weight is 537 g/mol. The van der Waals surface area contributed by atoms with Crippen molar-refractivity contribution in [2.45, 2.75) is 18.0 Å². The molecule has 0 bridgehead atoms. The van der Waals surface area contributed by atoms with Crippen molar-refractivity contribution in [3.63, 3.8) is 0 Å². The Bertz CT molecular complexity index is 1790. The Morgan fingerprint density at radius 1 is 0.737 bits per heavy atom. The van der Waals surface area contributed by atoms with E-state index in [1.54, 1.807) is 62.8 Å². The molecule has 0 heterocycles. The summed E-state index contributed by atoms with van der Waals surface area (Å²) in [5.41, 5.74) is 5.01. The highest BCUT2D eigenvalue weighted by Gasteiger charge is 2.20. The molecule has 0 saturated carbocycles. The molecule has 0 atom stereocenters. The fourth-order valence-corrected chi connectivity index (χ4v) is 4.48. The van der Waals surface area contributed by atoms with Crippen LogP contribution in [0, 0.1) is 0 Å². The molecule has 11 nitrogen and oxygen atoms in total. The summed E-state index contributed by atoms with van der Waals surface area (Å²) < 4.78 is 44.4. The Labute approximate surface area is 217 Å². The monoisotopic (exact) mass is 536 g/mol. The third kappa shape index (κ3) is 5.71. The van der Waals surface area contributed by atoms with Crippen molar-refractivity contribution in [2.75, 3.05) is 14.2 Å². The summed E-state index contributed by atoms with van der Waals surface area (Å²) in [4.78, 5) is 25.5. The first-order chi connectivity index (χ1) is 18.2. The van der Waals surface area contributed by atoms with E-state index in [0.717, 1.165) is 17.2 Å². The quantitative estimate of drug-likeness (QED) is 0.161. The fraction of sp³-hybridized carbons (Fsp3) is 0.154. The minimum absolute atomic E-state index is 0.0388. The zero-order valence-electron chi connectivity index (χ0n) is 20.5. The van der Waals surface area contributed by atoms with E-state index >= 15 is 0 Å². The van der Waals surface area contributed by atoms with Crippen LogP contribution < -0.4 is 41.9 Å². The maximum Gasteiger partial charge on any atom is 0.295 e. The van der Waals surface area contributed by atoms with Crippen molar-refractivity contribution in [1.82, 2.24) is 10.9 Å². The molecule has 0 aliphatic heterocycles. The van der Waals surface area contributed by atoms with E-state index in [4.69, 9.17) is 9.47 Å². The second kappa shape index (κ2) is 11.2. The number of nitrogens with one attached hydrogen (secondary N) is 2. The number of benzene rings is 4. The smallest absolute Gasteiger partial charge is 0.295 e. The molecular formula is C26H24N4O7S. The van der Waals surface area contributed by atoms with Crippen molar-refractivity contribution < 1.29 is 22.4 Å². The number of ether oxygens (including phenoxy) is 2. The molecule has 0 unspecified atom stereocenters. The molecule has 4 rings (SSSR count). The second-order valence-corrected chi connectivity index (χ2v) is 9.49. The number of nitrogens with zero attached hydrogens (tertiary/aromatic N) is 2. The van der Waals surface area contributed by atoms with Crippen LogP contribution in [0.15, 0.2) is 91.4 Å². The van der Waals surface area contributed by atoms with Crippen LogP contribution in [-0.4, -0.2) is 27.2 Å². The number of hydrogen-bond donors (Lipinski definition) is 3. The van der Waals surface area contributed by atoms with E-state index < -0.39 is 31.2 Å². The number of methoxy groups -OCH3 is 2. The van der Waals surface area contributed by atoms with Crippen molar-refractivity contribution in [1.29, 1.82) is 0 Å². The molecule has 0 aromatic heterocycles. The highest BCUT2D eigenvalue weighted by atomic mass is 32.2. The Balaban J connectivity index is 1.79.